The number of nitrogen functional groups attached to an aromatic ring is 1. The van der Waals surface area contributed by atoms with Crippen LogP contribution < -0.4 is 5.73 Å². The van der Waals surface area contributed by atoms with Gasteiger partial charge in [0, 0.05) is 24.5 Å². The van der Waals surface area contributed by atoms with E-state index >= 15 is 0 Å². The first-order valence-electron chi connectivity index (χ1n) is 9.62. The second-order valence-electron chi connectivity index (χ2n) is 7.97. The van der Waals surface area contributed by atoms with Gasteiger partial charge in [0.1, 0.15) is 5.82 Å². The van der Waals surface area contributed by atoms with Gasteiger partial charge in [-0.15, -0.1) is 5.10 Å². The maximum absolute atomic E-state index is 14.2. The lowest BCUT2D eigenvalue weighted by atomic mass is 9.82. The summed E-state index contributed by atoms with van der Waals surface area (Å²) in [6.07, 6.45) is 4.58. The number of benzene rings is 1. The quantitative estimate of drug-likeness (QED) is 0.450. The number of halogens is 1. The first-order chi connectivity index (χ1) is 14.6. The molecule has 0 aliphatic rings. The number of fused-ring (bicyclic) bond motifs is 1. The second-order valence-corrected chi connectivity index (χ2v) is 7.97. The van der Waals surface area contributed by atoms with Gasteiger partial charge < -0.3 is 15.3 Å². The number of aromatic nitrogens is 5. The van der Waals surface area contributed by atoms with Gasteiger partial charge in [0.25, 0.3) is 5.78 Å². The molecule has 0 fully saturated rings. The molecule has 0 aliphatic carbocycles. The Kier molecular flexibility index (Phi) is 4.92. The van der Waals surface area contributed by atoms with Crippen molar-refractivity contribution in [1.29, 1.82) is 0 Å². The van der Waals surface area contributed by atoms with Crippen LogP contribution in [-0.4, -0.2) is 35.6 Å². The van der Waals surface area contributed by atoms with Crippen molar-refractivity contribution in [2.45, 2.75) is 39.0 Å². The lowest BCUT2D eigenvalue weighted by molar-refractivity contribution is 0.0659. The molecule has 0 spiro atoms. The largest absolute Gasteiger partial charge is 0.475 e. The Morgan fingerprint density at radius 3 is 2.81 bits per heavy atom. The predicted molar refractivity (Wildman–Crippen MR) is 110 cm³/mol. The van der Waals surface area contributed by atoms with E-state index in [1.54, 1.807) is 19.3 Å². The summed E-state index contributed by atoms with van der Waals surface area (Å²) in [5.41, 5.74) is 7.27. The van der Waals surface area contributed by atoms with Crippen LogP contribution in [0.4, 0.5) is 10.1 Å². The fourth-order valence-corrected chi connectivity index (χ4v) is 3.28. The zero-order valence-electron chi connectivity index (χ0n) is 17.3. The molecule has 0 radical (unpaired) electrons. The van der Waals surface area contributed by atoms with E-state index in [1.807, 2.05) is 13.8 Å². The number of rotatable bonds is 6. The maximum atomic E-state index is 14.2. The molecular weight excluding hydrogens is 403 g/mol. The molecule has 9 nitrogen and oxygen atoms in total. The number of hydrogen-bond donors (Lipinski definition) is 2. The van der Waals surface area contributed by atoms with Gasteiger partial charge in [0.05, 0.1) is 11.3 Å². The van der Waals surface area contributed by atoms with Gasteiger partial charge in [-0.05, 0) is 42.5 Å². The van der Waals surface area contributed by atoms with Gasteiger partial charge in [-0.2, -0.15) is 4.98 Å². The van der Waals surface area contributed by atoms with Crippen LogP contribution in [0.25, 0.3) is 17.2 Å². The van der Waals surface area contributed by atoms with Crippen molar-refractivity contribution in [2.75, 3.05) is 5.73 Å². The lowest BCUT2D eigenvalue weighted by Gasteiger charge is -2.23. The molecule has 10 heteroatoms. The van der Waals surface area contributed by atoms with Gasteiger partial charge in [-0.3, -0.25) is 0 Å². The number of oxazole rings is 1. The molecule has 3 heterocycles. The number of nitrogens with zero attached hydrogens (tertiary/aromatic N) is 5. The van der Waals surface area contributed by atoms with Crippen LogP contribution >= 0.6 is 0 Å². The summed E-state index contributed by atoms with van der Waals surface area (Å²) >= 11 is 0. The molecule has 31 heavy (non-hydrogen) atoms. The summed E-state index contributed by atoms with van der Waals surface area (Å²) in [4.78, 5) is 24.0. The second kappa shape index (κ2) is 7.46. The average molecular weight is 424 g/mol. The van der Waals surface area contributed by atoms with Gasteiger partial charge in [-0.1, -0.05) is 13.8 Å². The highest BCUT2D eigenvalue weighted by Gasteiger charge is 2.25. The van der Waals surface area contributed by atoms with E-state index in [-0.39, 0.29) is 22.6 Å². The molecule has 4 aromatic rings. The fraction of sp³-hybridized carbons (Fsp3) is 0.286. The van der Waals surface area contributed by atoms with E-state index in [0.29, 0.717) is 35.9 Å². The number of hydrogen-bond acceptors (Lipinski definition) is 7. The molecule has 0 saturated heterocycles. The van der Waals surface area contributed by atoms with Crippen LogP contribution in [0.1, 0.15) is 48.0 Å². The molecule has 0 bridgehead atoms. The standard InChI is InChI=1S/C21H21FN6O3/c1-11-17(19(29)30)31-16(25-11)6-7-21(2,3)12-9-24-20-26-18(27-28(20)10-12)14-8-13(23)4-5-15(14)22/h4-5,8-10H,6-7,23H2,1-3H3,(H,29,30). The van der Waals surface area contributed by atoms with Crippen molar-refractivity contribution < 1.29 is 18.7 Å². The van der Waals surface area contributed by atoms with Gasteiger partial charge in [0.2, 0.25) is 5.76 Å². The summed E-state index contributed by atoms with van der Waals surface area (Å²) < 4.78 is 21.0. The Bertz CT molecular complexity index is 1290. The number of carbonyl (C=O) groups is 1. The number of carboxylic acid groups (broad SMARTS) is 1. The summed E-state index contributed by atoms with van der Waals surface area (Å²) in [5.74, 6) is -0.831. The molecule has 3 aromatic heterocycles. The third kappa shape index (κ3) is 3.96. The molecule has 0 atom stereocenters. The highest BCUT2D eigenvalue weighted by atomic mass is 19.1. The fourth-order valence-electron chi connectivity index (χ4n) is 3.28. The van der Waals surface area contributed by atoms with E-state index in [0.717, 1.165) is 5.56 Å². The summed E-state index contributed by atoms with van der Waals surface area (Å²) in [7, 11) is 0. The molecule has 4 rings (SSSR count). The van der Waals surface area contributed by atoms with E-state index in [9.17, 15) is 9.18 Å². The molecule has 1 aromatic carbocycles. The summed E-state index contributed by atoms with van der Waals surface area (Å²) in [6, 6.07) is 4.24. The van der Waals surface area contributed by atoms with Crippen molar-refractivity contribution >= 4 is 17.4 Å². The van der Waals surface area contributed by atoms with Gasteiger partial charge in [0.15, 0.2) is 11.7 Å². The molecule has 0 saturated carbocycles. The monoisotopic (exact) mass is 424 g/mol. The number of anilines is 1. The van der Waals surface area contributed by atoms with E-state index < -0.39 is 11.8 Å². The zero-order chi connectivity index (χ0) is 22.3. The van der Waals surface area contributed by atoms with Crippen LogP contribution in [0.2, 0.25) is 0 Å². The van der Waals surface area contributed by atoms with Crippen LogP contribution in [0, 0.1) is 12.7 Å². The van der Waals surface area contributed by atoms with Gasteiger partial charge in [-0.25, -0.2) is 23.7 Å². The molecular formula is C21H21FN6O3. The van der Waals surface area contributed by atoms with Gasteiger partial charge >= 0.3 is 5.97 Å². The minimum Gasteiger partial charge on any atom is -0.475 e. The van der Waals surface area contributed by atoms with Crippen LogP contribution in [0.5, 0.6) is 0 Å². The SMILES string of the molecule is Cc1nc(CCC(C)(C)c2cnc3nc(-c4cc(N)ccc4F)nn3c2)oc1C(=O)O. The molecule has 160 valence electrons. The number of nitrogens with two attached hydrogens (primary N) is 1. The Labute approximate surface area is 176 Å². The number of aryl methyl sites for hydroxylation is 2. The summed E-state index contributed by atoms with van der Waals surface area (Å²) in [6.45, 7) is 5.66. The van der Waals surface area contributed by atoms with Crippen LogP contribution in [0.3, 0.4) is 0 Å². The summed E-state index contributed by atoms with van der Waals surface area (Å²) in [5, 5.41) is 13.5. The highest BCUT2D eigenvalue weighted by Crippen LogP contribution is 2.29. The Balaban J connectivity index is 1.59. The van der Waals surface area contributed by atoms with E-state index in [1.165, 1.54) is 22.7 Å². The first kappa shape index (κ1) is 20.5. The Hall–Kier alpha value is -3.82. The van der Waals surface area contributed by atoms with Crippen molar-refractivity contribution in [3.63, 3.8) is 0 Å². The normalized spacial score (nSPS) is 11.9. The van der Waals surface area contributed by atoms with Crippen LogP contribution in [-0.2, 0) is 11.8 Å². The zero-order valence-corrected chi connectivity index (χ0v) is 17.3. The minimum absolute atomic E-state index is 0.139. The topological polar surface area (TPSA) is 132 Å². The number of aromatic carboxylic acids is 1. The molecule has 3 N–H and O–H groups in total. The van der Waals surface area contributed by atoms with Crippen molar-refractivity contribution in [3.05, 3.63) is 59.3 Å². The van der Waals surface area contributed by atoms with Crippen molar-refractivity contribution in [1.82, 2.24) is 24.6 Å². The third-order valence-electron chi connectivity index (χ3n) is 5.21. The molecule has 0 aliphatic heterocycles. The smallest absolute Gasteiger partial charge is 0.373 e. The van der Waals surface area contributed by atoms with Crippen molar-refractivity contribution in [3.8, 4) is 11.4 Å². The lowest BCUT2D eigenvalue weighted by Crippen LogP contribution is -2.19. The molecule has 0 amide bonds. The van der Waals surface area contributed by atoms with E-state index in [4.69, 9.17) is 15.3 Å². The van der Waals surface area contributed by atoms with Crippen LogP contribution in [0.15, 0.2) is 35.0 Å². The first-order valence-corrected chi connectivity index (χ1v) is 9.62. The highest BCUT2D eigenvalue weighted by molar-refractivity contribution is 5.85. The van der Waals surface area contributed by atoms with Crippen molar-refractivity contribution in [2.24, 2.45) is 0 Å². The average Bonchev–Trinajstić information content (AvgIpc) is 3.31. The number of carboxylic acids is 1. The third-order valence-corrected chi connectivity index (χ3v) is 5.21. The van der Waals surface area contributed by atoms with E-state index in [2.05, 4.69) is 20.1 Å². The maximum Gasteiger partial charge on any atom is 0.373 e. The Morgan fingerprint density at radius 1 is 1.32 bits per heavy atom. The predicted octanol–water partition coefficient (Wildman–Crippen LogP) is 3.42. The minimum atomic E-state index is -1.14. The Morgan fingerprint density at radius 2 is 2.10 bits per heavy atom. The molecule has 0 unspecified atom stereocenters.